The summed E-state index contributed by atoms with van der Waals surface area (Å²) in [5, 5.41) is 0. The number of hydrogen-bond acceptors (Lipinski definition) is 1. The number of anilines is 3. The molecule has 4 aromatic rings. The maximum Gasteiger partial charge on any atom is 0.0467 e. The molecule has 0 heterocycles. The maximum absolute atomic E-state index is 2.45. The van der Waals surface area contributed by atoms with Gasteiger partial charge < -0.3 is 4.90 Å². The monoisotopic (exact) mass is 403 g/mol. The Kier molecular flexibility index (Phi) is 4.90. The van der Waals surface area contributed by atoms with Crippen LogP contribution in [0, 0.1) is 6.92 Å². The van der Waals surface area contributed by atoms with Crippen molar-refractivity contribution < 1.29 is 0 Å². The minimum Gasteiger partial charge on any atom is -0.310 e. The van der Waals surface area contributed by atoms with Gasteiger partial charge in [0.2, 0.25) is 0 Å². The molecule has 154 valence electrons. The number of benzene rings is 4. The molecule has 0 N–H and O–H groups in total. The summed E-state index contributed by atoms with van der Waals surface area (Å²) >= 11 is 0. The van der Waals surface area contributed by atoms with E-state index in [1.165, 1.54) is 44.9 Å². The number of hydrogen-bond donors (Lipinski definition) is 0. The first-order valence-corrected chi connectivity index (χ1v) is 11.3. The first-order chi connectivity index (χ1) is 15.2. The highest BCUT2D eigenvalue weighted by molar-refractivity contribution is 5.87. The highest BCUT2D eigenvalue weighted by Crippen LogP contribution is 2.55. The molecule has 0 radical (unpaired) electrons. The zero-order chi connectivity index (χ0) is 21.4. The van der Waals surface area contributed by atoms with Crippen LogP contribution in [0.2, 0.25) is 0 Å². The van der Waals surface area contributed by atoms with Gasteiger partial charge in [0.1, 0.15) is 0 Å². The zero-order valence-corrected chi connectivity index (χ0v) is 18.6. The van der Waals surface area contributed by atoms with Crippen molar-refractivity contribution in [1.29, 1.82) is 0 Å². The molecule has 0 bridgehead atoms. The van der Waals surface area contributed by atoms with E-state index >= 15 is 0 Å². The molecule has 0 saturated carbocycles. The highest BCUT2D eigenvalue weighted by Gasteiger charge is 2.41. The zero-order valence-electron chi connectivity index (χ0n) is 18.6. The Morgan fingerprint density at radius 3 is 1.74 bits per heavy atom. The van der Waals surface area contributed by atoms with Gasteiger partial charge in [0.05, 0.1) is 0 Å². The van der Waals surface area contributed by atoms with E-state index in [2.05, 4.69) is 123 Å². The van der Waals surface area contributed by atoms with Gasteiger partial charge in [-0.25, -0.2) is 0 Å². The summed E-state index contributed by atoms with van der Waals surface area (Å²) < 4.78 is 0. The van der Waals surface area contributed by atoms with E-state index in [0.29, 0.717) is 0 Å². The molecule has 0 aliphatic heterocycles. The third-order valence-corrected chi connectivity index (χ3v) is 7.04. The lowest BCUT2D eigenvalue weighted by Gasteiger charge is -2.32. The first-order valence-electron chi connectivity index (χ1n) is 11.3. The summed E-state index contributed by atoms with van der Waals surface area (Å²) in [5.74, 6) is 0. The first kappa shape index (κ1) is 19.6. The SMILES string of the molecule is CCC1(CC)c2ccccc2-c2c(C)cc(N(c3ccccc3)c3ccccc3)cc21. The lowest BCUT2D eigenvalue weighted by atomic mass is 9.73. The summed E-state index contributed by atoms with van der Waals surface area (Å²) in [4.78, 5) is 2.38. The molecule has 1 nitrogen and oxygen atoms in total. The van der Waals surface area contributed by atoms with Crippen LogP contribution in [-0.4, -0.2) is 0 Å². The van der Waals surface area contributed by atoms with Gasteiger partial charge in [0, 0.05) is 22.5 Å². The molecule has 0 spiro atoms. The van der Waals surface area contributed by atoms with Crippen molar-refractivity contribution in [3.8, 4) is 11.1 Å². The minimum absolute atomic E-state index is 0.0751. The van der Waals surface area contributed by atoms with Crippen molar-refractivity contribution in [2.45, 2.75) is 39.0 Å². The van der Waals surface area contributed by atoms with Crippen LogP contribution < -0.4 is 4.90 Å². The molecular weight excluding hydrogens is 374 g/mol. The number of fused-ring (bicyclic) bond motifs is 3. The van der Waals surface area contributed by atoms with Crippen LogP contribution in [0.15, 0.2) is 97.1 Å². The quantitative estimate of drug-likeness (QED) is 0.322. The van der Waals surface area contributed by atoms with Crippen LogP contribution in [-0.2, 0) is 5.41 Å². The molecule has 31 heavy (non-hydrogen) atoms. The number of aryl methyl sites for hydroxylation is 1. The predicted octanol–water partition coefficient (Wildman–Crippen LogP) is 8.55. The number of para-hydroxylation sites is 2. The van der Waals surface area contributed by atoms with Crippen LogP contribution in [0.3, 0.4) is 0 Å². The second-order valence-corrected chi connectivity index (χ2v) is 8.53. The van der Waals surface area contributed by atoms with Gasteiger partial charge in [-0.1, -0.05) is 74.5 Å². The van der Waals surface area contributed by atoms with E-state index in [1.54, 1.807) is 0 Å². The van der Waals surface area contributed by atoms with Gasteiger partial charge in [-0.05, 0) is 84.0 Å². The second-order valence-electron chi connectivity index (χ2n) is 8.53. The van der Waals surface area contributed by atoms with Crippen molar-refractivity contribution in [3.05, 3.63) is 114 Å². The largest absolute Gasteiger partial charge is 0.310 e. The fourth-order valence-electron chi connectivity index (χ4n) is 5.51. The summed E-state index contributed by atoms with van der Waals surface area (Å²) in [6, 6.07) is 35.2. The Hall–Kier alpha value is -3.32. The van der Waals surface area contributed by atoms with Crippen molar-refractivity contribution in [1.82, 2.24) is 0 Å². The standard InChI is InChI=1S/C30H29N/c1-4-30(5-2)27-19-13-12-18-26(27)29-22(3)20-25(21-28(29)30)31(23-14-8-6-9-15-23)24-16-10-7-11-17-24/h6-21H,4-5H2,1-3H3. The Balaban J connectivity index is 1.77. The molecule has 1 heteroatoms. The van der Waals surface area contributed by atoms with Crippen LogP contribution in [0.4, 0.5) is 17.1 Å². The summed E-state index contributed by atoms with van der Waals surface area (Å²) in [5.41, 5.74) is 10.8. The van der Waals surface area contributed by atoms with E-state index < -0.39 is 0 Å². The van der Waals surface area contributed by atoms with Gasteiger partial charge in [-0.15, -0.1) is 0 Å². The topological polar surface area (TPSA) is 3.24 Å². The Morgan fingerprint density at radius 1 is 0.613 bits per heavy atom. The van der Waals surface area contributed by atoms with Crippen molar-refractivity contribution in [2.24, 2.45) is 0 Å². The predicted molar refractivity (Wildman–Crippen MR) is 133 cm³/mol. The van der Waals surface area contributed by atoms with Gasteiger partial charge in [-0.2, -0.15) is 0 Å². The van der Waals surface area contributed by atoms with Gasteiger partial charge in [0.25, 0.3) is 0 Å². The van der Waals surface area contributed by atoms with Crippen molar-refractivity contribution in [3.63, 3.8) is 0 Å². The summed E-state index contributed by atoms with van der Waals surface area (Å²) in [6.07, 6.45) is 2.21. The molecular formula is C30H29N. The average Bonchev–Trinajstić information content (AvgIpc) is 3.11. The van der Waals surface area contributed by atoms with Gasteiger partial charge >= 0.3 is 0 Å². The van der Waals surface area contributed by atoms with Crippen LogP contribution in [0.25, 0.3) is 11.1 Å². The van der Waals surface area contributed by atoms with Crippen LogP contribution in [0.5, 0.6) is 0 Å². The normalized spacial score (nSPS) is 13.5. The molecule has 1 aliphatic rings. The molecule has 0 fully saturated rings. The average molecular weight is 404 g/mol. The molecule has 0 amide bonds. The Labute approximate surface area is 186 Å². The van der Waals surface area contributed by atoms with E-state index in [9.17, 15) is 0 Å². The van der Waals surface area contributed by atoms with E-state index in [0.717, 1.165) is 12.8 Å². The van der Waals surface area contributed by atoms with Crippen molar-refractivity contribution >= 4 is 17.1 Å². The maximum atomic E-state index is 2.45. The third kappa shape index (κ3) is 2.99. The molecule has 0 saturated heterocycles. The minimum atomic E-state index is 0.0751. The van der Waals surface area contributed by atoms with E-state index in [-0.39, 0.29) is 5.41 Å². The molecule has 0 atom stereocenters. The van der Waals surface area contributed by atoms with Crippen molar-refractivity contribution in [2.75, 3.05) is 4.90 Å². The van der Waals surface area contributed by atoms with Crippen LogP contribution in [0.1, 0.15) is 43.4 Å². The second kappa shape index (κ2) is 7.74. The van der Waals surface area contributed by atoms with Gasteiger partial charge in [0.15, 0.2) is 0 Å². The molecule has 0 unspecified atom stereocenters. The molecule has 1 aliphatic carbocycles. The fourth-order valence-corrected chi connectivity index (χ4v) is 5.51. The van der Waals surface area contributed by atoms with Crippen LogP contribution >= 0.6 is 0 Å². The molecule has 5 rings (SSSR count). The fraction of sp³-hybridized carbons (Fsp3) is 0.200. The van der Waals surface area contributed by atoms with E-state index in [1.807, 2.05) is 0 Å². The molecule has 4 aromatic carbocycles. The Morgan fingerprint density at radius 2 is 1.16 bits per heavy atom. The summed E-state index contributed by atoms with van der Waals surface area (Å²) in [6.45, 7) is 6.95. The summed E-state index contributed by atoms with van der Waals surface area (Å²) in [7, 11) is 0. The number of rotatable bonds is 5. The smallest absolute Gasteiger partial charge is 0.0467 e. The lowest BCUT2D eigenvalue weighted by molar-refractivity contribution is 0.490. The van der Waals surface area contributed by atoms with E-state index in [4.69, 9.17) is 0 Å². The third-order valence-electron chi connectivity index (χ3n) is 7.04. The molecule has 0 aromatic heterocycles. The Bertz CT molecular complexity index is 1160. The number of nitrogens with zero attached hydrogens (tertiary/aromatic N) is 1. The highest BCUT2D eigenvalue weighted by atomic mass is 15.1. The van der Waals surface area contributed by atoms with Gasteiger partial charge in [-0.3, -0.25) is 0 Å². The lowest BCUT2D eigenvalue weighted by Crippen LogP contribution is -2.23.